The third-order valence-electron chi connectivity index (χ3n) is 10.2. The Balaban J connectivity index is 1.63. The van der Waals surface area contributed by atoms with Crippen LogP contribution in [-0.4, -0.2) is 14.5 Å². The van der Waals surface area contributed by atoms with Crippen LogP contribution in [0.25, 0.3) is 71.1 Å². The fraction of sp³-hybridized carbons (Fsp3) is 0.167. The first-order chi connectivity index (χ1) is 18.9. The highest BCUT2D eigenvalue weighted by Gasteiger charge is 2.44. The van der Waals surface area contributed by atoms with E-state index in [1.165, 1.54) is 93.4 Å². The molecule has 0 aliphatic carbocycles. The van der Waals surface area contributed by atoms with Gasteiger partial charge in [-0.1, -0.05) is 82.3 Å². The van der Waals surface area contributed by atoms with E-state index in [9.17, 15) is 0 Å². The van der Waals surface area contributed by atoms with Crippen molar-refractivity contribution in [2.24, 2.45) is 0 Å². The van der Waals surface area contributed by atoms with Crippen LogP contribution >= 0.6 is 0 Å². The van der Waals surface area contributed by atoms with Crippen LogP contribution in [0.4, 0.5) is 0 Å². The van der Waals surface area contributed by atoms with Gasteiger partial charge in [0.05, 0.1) is 27.8 Å². The van der Waals surface area contributed by atoms with E-state index in [1.54, 1.807) is 0 Å². The Kier molecular flexibility index (Phi) is 3.17. The van der Waals surface area contributed by atoms with E-state index in [0.717, 1.165) is 0 Å². The van der Waals surface area contributed by atoms with E-state index < -0.39 is 0 Å². The standard InChI is InChI=1S/C36H27N3/c1-35(2)22-12-9-13-23-32(22)39-33-24(35)16-20-18-10-5-7-14-26(18)37-30(20)28(33)29-31-21(17-25(34(29)39)36(23,3)4)19-11-6-8-15-27(19)38-31/h5-17,37-38H,1-4H3. The monoisotopic (exact) mass is 501 g/mol. The average molecular weight is 502 g/mol. The van der Waals surface area contributed by atoms with Crippen molar-refractivity contribution in [3.8, 4) is 5.69 Å². The number of nitrogens with zero attached hydrogens (tertiary/aromatic N) is 1. The summed E-state index contributed by atoms with van der Waals surface area (Å²) in [6.07, 6.45) is 0. The third-order valence-corrected chi connectivity index (χ3v) is 10.2. The molecule has 0 amide bonds. The molecule has 0 unspecified atom stereocenters. The van der Waals surface area contributed by atoms with Gasteiger partial charge >= 0.3 is 0 Å². The molecule has 0 atom stereocenters. The molecule has 2 N–H and O–H groups in total. The quantitative estimate of drug-likeness (QED) is 0.208. The van der Waals surface area contributed by atoms with Crippen molar-refractivity contribution in [1.29, 1.82) is 0 Å². The molecule has 5 aromatic carbocycles. The van der Waals surface area contributed by atoms with E-state index in [-0.39, 0.29) is 10.8 Å². The summed E-state index contributed by atoms with van der Waals surface area (Å²) in [4.78, 5) is 7.76. The molecule has 3 heteroatoms. The molecule has 5 heterocycles. The van der Waals surface area contributed by atoms with Gasteiger partial charge in [0.25, 0.3) is 0 Å². The van der Waals surface area contributed by atoms with Crippen LogP contribution in [0.1, 0.15) is 49.9 Å². The second-order valence-corrected chi connectivity index (χ2v) is 12.8. The number of hydrogen-bond donors (Lipinski definition) is 2. The van der Waals surface area contributed by atoms with Gasteiger partial charge in [0.2, 0.25) is 0 Å². The molecule has 2 aliphatic heterocycles. The second-order valence-electron chi connectivity index (χ2n) is 12.8. The first-order valence-electron chi connectivity index (χ1n) is 14.0. The minimum Gasteiger partial charge on any atom is -0.354 e. The topological polar surface area (TPSA) is 36.5 Å². The predicted molar refractivity (Wildman–Crippen MR) is 164 cm³/mol. The van der Waals surface area contributed by atoms with Crippen molar-refractivity contribution in [3.63, 3.8) is 0 Å². The van der Waals surface area contributed by atoms with Gasteiger partial charge in [-0.3, -0.25) is 0 Å². The van der Waals surface area contributed by atoms with E-state index in [2.05, 4.69) is 121 Å². The molecule has 3 aromatic heterocycles. The molecular weight excluding hydrogens is 474 g/mol. The zero-order chi connectivity index (χ0) is 26.0. The number of nitrogens with one attached hydrogen (secondary N) is 2. The summed E-state index contributed by atoms with van der Waals surface area (Å²) in [6.45, 7) is 9.67. The zero-order valence-electron chi connectivity index (χ0n) is 22.5. The number of aromatic nitrogens is 3. The first kappa shape index (κ1) is 20.5. The van der Waals surface area contributed by atoms with Crippen LogP contribution < -0.4 is 0 Å². The largest absolute Gasteiger partial charge is 0.354 e. The number of hydrogen-bond acceptors (Lipinski definition) is 0. The molecule has 186 valence electrons. The molecule has 3 nitrogen and oxygen atoms in total. The lowest BCUT2D eigenvalue weighted by Gasteiger charge is -2.42. The minimum absolute atomic E-state index is 0.131. The lowest BCUT2D eigenvalue weighted by atomic mass is 9.68. The Morgan fingerprint density at radius 1 is 0.513 bits per heavy atom. The zero-order valence-corrected chi connectivity index (χ0v) is 22.5. The lowest BCUT2D eigenvalue weighted by molar-refractivity contribution is 0.594. The number of H-pyrrole nitrogens is 2. The van der Waals surface area contributed by atoms with Crippen LogP contribution in [0.3, 0.4) is 0 Å². The van der Waals surface area contributed by atoms with E-state index in [0.29, 0.717) is 0 Å². The van der Waals surface area contributed by atoms with Gasteiger partial charge in [0, 0.05) is 54.2 Å². The van der Waals surface area contributed by atoms with E-state index >= 15 is 0 Å². The molecule has 39 heavy (non-hydrogen) atoms. The summed E-state index contributed by atoms with van der Waals surface area (Å²) in [5.41, 5.74) is 14.4. The molecule has 2 aliphatic rings. The smallest absolute Gasteiger partial charge is 0.0604 e. The van der Waals surface area contributed by atoms with Crippen molar-refractivity contribution >= 4 is 65.4 Å². The summed E-state index contributed by atoms with van der Waals surface area (Å²) < 4.78 is 2.63. The molecule has 0 bridgehead atoms. The molecule has 8 aromatic rings. The molecule has 0 fully saturated rings. The number of para-hydroxylation sites is 3. The molecular formula is C36H27N3. The Bertz CT molecular complexity index is 2270. The van der Waals surface area contributed by atoms with Gasteiger partial charge in [0.1, 0.15) is 0 Å². The fourth-order valence-corrected chi connectivity index (χ4v) is 8.28. The molecule has 10 rings (SSSR count). The normalized spacial score (nSPS) is 16.6. The average Bonchev–Trinajstić information content (AvgIpc) is 3.60. The molecule has 0 spiro atoms. The van der Waals surface area contributed by atoms with Gasteiger partial charge in [0.15, 0.2) is 0 Å². The molecule has 0 radical (unpaired) electrons. The minimum atomic E-state index is -0.131. The van der Waals surface area contributed by atoms with Crippen LogP contribution in [-0.2, 0) is 10.8 Å². The van der Waals surface area contributed by atoms with Crippen molar-refractivity contribution in [2.45, 2.75) is 38.5 Å². The van der Waals surface area contributed by atoms with Gasteiger partial charge < -0.3 is 14.5 Å². The van der Waals surface area contributed by atoms with Gasteiger partial charge in [-0.2, -0.15) is 0 Å². The Morgan fingerprint density at radius 2 is 0.974 bits per heavy atom. The highest BCUT2D eigenvalue weighted by atomic mass is 15.0. The number of benzene rings is 5. The Morgan fingerprint density at radius 3 is 1.46 bits per heavy atom. The van der Waals surface area contributed by atoms with Crippen LogP contribution in [0.15, 0.2) is 78.9 Å². The van der Waals surface area contributed by atoms with E-state index in [1.807, 2.05) is 0 Å². The fourth-order valence-electron chi connectivity index (χ4n) is 8.28. The number of fused-ring (bicyclic) bond motifs is 9. The van der Waals surface area contributed by atoms with Gasteiger partial charge in [-0.15, -0.1) is 0 Å². The van der Waals surface area contributed by atoms with Crippen molar-refractivity contribution in [2.75, 3.05) is 0 Å². The second kappa shape index (κ2) is 6.05. The molecule has 0 saturated heterocycles. The maximum Gasteiger partial charge on any atom is 0.0604 e. The first-order valence-corrected chi connectivity index (χ1v) is 14.0. The summed E-state index contributed by atoms with van der Waals surface area (Å²) in [6, 6.07) is 29.5. The highest BCUT2D eigenvalue weighted by Crippen LogP contribution is 2.58. The maximum absolute atomic E-state index is 3.88. The van der Waals surface area contributed by atoms with Gasteiger partial charge in [-0.25, -0.2) is 0 Å². The van der Waals surface area contributed by atoms with Crippen LogP contribution in [0, 0.1) is 0 Å². The number of aromatic amines is 2. The predicted octanol–water partition coefficient (Wildman–Crippen LogP) is 9.33. The molecule has 0 saturated carbocycles. The third kappa shape index (κ3) is 2.04. The SMILES string of the molecule is CC1(C)c2cccc3c2-n2c4c1cc1c5ccccc5[nH]c1c4c1c4[nH]c5ccccc5c4cc(c12)C3(C)C. The Labute approximate surface area is 225 Å². The summed E-state index contributed by atoms with van der Waals surface area (Å²) in [7, 11) is 0. The summed E-state index contributed by atoms with van der Waals surface area (Å²) in [5, 5.41) is 7.90. The maximum atomic E-state index is 3.88. The van der Waals surface area contributed by atoms with E-state index in [4.69, 9.17) is 0 Å². The van der Waals surface area contributed by atoms with Crippen molar-refractivity contribution < 1.29 is 0 Å². The Hall–Kier alpha value is -4.50. The highest BCUT2D eigenvalue weighted by molar-refractivity contribution is 6.34. The van der Waals surface area contributed by atoms with Crippen molar-refractivity contribution in [1.82, 2.24) is 14.5 Å². The summed E-state index contributed by atoms with van der Waals surface area (Å²) in [5.74, 6) is 0. The van der Waals surface area contributed by atoms with Crippen LogP contribution in [0.2, 0.25) is 0 Å². The van der Waals surface area contributed by atoms with Crippen molar-refractivity contribution in [3.05, 3.63) is 101 Å². The van der Waals surface area contributed by atoms with Gasteiger partial charge in [-0.05, 0) is 46.5 Å². The lowest BCUT2D eigenvalue weighted by Crippen LogP contribution is -2.33. The summed E-state index contributed by atoms with van der Waals surface area (Å²) >= 11 is 0. The number of rotatable bonds is 0. The van der Waals surface area contributed by atoms with Crippen LogP contribution in [0.5, 0.6) is 0 Å².